The number of ether oxygens (including phenoxy) is 3. The van der Waals surface area contributed by atoms with Gasteiger partial charge in [0.15, 0.2) is 5.96 Å². The van der Waals surface area contributed by atoms with Crippen molar-refractivity contribution in [2.24, 2.45) is 4.99 Å². The van der Waals surface area contributed by atoms with Gasteiger partial charge in [-0.15, -0.1) is 24.0 Å². The molecule has 0 bridgehead atoms. The fraction of sp³-hybridized carbons (Fsp3) is 0.650. The van der Waals surface area contributed by atoms with Crippen molar-refractivity contribution < 1.29 is 14.2 Å². The van der Waals surface area contributed by atoms with Crippen molar-refractivity contribution in [2.75, 3.05) is 60.7 Å². The Morgan fingerprint density at radius 2 is 1.82 bits per heavy atom. The molecule has 1 aromatic rings. The van der Waals surface area contributed by atoms with E-state index < -0.39 is 0 Å². The Labute approximate surface area is 186 Å². The van der Waals surface area contributed by atoms with Gasteiger partial charge in [-0.05, 0) is 31.5 Å². The van der Waals surface area contributed by atoms with Gasteiger partial charge >= 0.3 is 0 Å². The summed E-state index contributed by atoms with van der Waals surface area (Å²) in [5.74, 6) is 1.64. The van der Waals surface area contributed by atoms with E-state index in [-0.39, 0.29) is 35.6 Å². The van der Waals surface area contributed by atoms with Crippen LogP contribution in [0.15, 0.2) is 29.3 Å². The first-order valence-electron chi connectivity index (χ1n) is 9.44. The first kappa shape index (κ1) is 24.9. The molecule has 1 unspecified atom stereocenters. The minimum absolute atomic E-state index is 0. The normalized spacial score (nSPS) is 16.8. The number of nitrogens with one attached hydrogen (secondary N) is 2. The third-order valence-electron chi connectivity index (χ3n) is 4.91. The lowest BCUT2D eigenvalue weighted by Crippen LogP contribution is -2.48. The zero-order valence-corrected chi connectivity index (χ0v) is 20.0. The van der Waals surface area contributed by atoms with Gasteiger partial charge in [0, 0.05) is 40.3 Å². The van der Waals surface area contributed by atoms with Crippen molar-refractivity contribution in [3.05, 3.63) is 29.8 Å². The van der Waals surface area contributed by atoms with Crippen molar-refractivity contribution in [1.82, 2.24) is 15.5 Å². The van der Waals surface area contributed by atoms with Gasteiger partial charge in [-0.3, -0.25) is 9.89 Å². The van der Waals surface area contributed by atoms with Crippen LogP contribution >= 0.6 is 24.0 Å². The summed E-state index contributed by atoms with van der Waals surface area (Å²) in [5.41, 5.74) is 0.995. The van der Waals surface area contributed by atoms with Crippen LogP contribution in [0.3, 0.4) is 0 Å². The van der Waals surface area contributed by atoms with Gasteiger partial charge in [0.2, 0.25) is 0 Å². The topological polar surface area (TPSA) is 67.4 Å². The van der Waals surface area contributed by atoms with Gasteiger partial charge in [0.25, 0.3) is 0 Å². The molecule has 0 amide bonds. The van der Waals surface area contributed by atoms with Crippen molar-refractivity contribution in [3.63, 3.8) is 0 Å². The molecule has 8 heteroatoms. The van der Waals surface area contributed by atoms with Gasteiger partial charge in [0.1, 0.15) is 5.75 Å². The Hall–Kier alpha value is -1.10. The molecular weight excluding hydrogens is 471 g/mol. The van der Waals surface area contributed by atoms with Crippen LogP contribution in [0.1, 0.15) is 25.5 Å². The molecule has 7 nitrogen and oxygen atoms in total. The van der Waals surface area contributed by atoms with E-state index in [4.69, 9.17) is 14.2 Å². The molecule has 2 rings (SSSR count). The molecule has 1 heterocycles. The fourth-order valence-electron chi connectivity index (χ4n) is 2.96. The van der Waals surface area contributed by atoms with Gasteiger partial charge < -0.3 is 24.8 Å². The minimum atomic E-state index is -0.253. The predicted octanol–water partition coefficient (Wildman–Crippen LogP) is 2.28. The van der Waals surface area contributed by atoms with Crippen molar-refractivity contribution in [3.8, 4) is 5.75 Å². The standard InChI is InChI=1S/C20H34N4O3.HI/c1-20(2,26-5)15-23-19(21-3)22-14-18(24-10-12-27-13-11-24)16-6-8-17(25-4)9-7-16;/h6-9,18H,10-15H2,1-5H3,(H2,21,22,23);1H. The van der Waals surface area contributed by atoms with Crippen LogP contribution in [0.25, 0.3) is 0 Å². The Morgan fingerprint density at radius 1 is 1.18 bits per heavy atom. The van der Waals surface area contributed by atoms with Crippen LogP contribution < -0.4 is 15.4 Å². The molecular formula is C20H35IN4O3. The zero-order chi connectivity index (χ0) is 19.7. The maximum absolute atomic E-state index is 5.53. The van der Waals surface area contributed by atoms with Gasteiger partial charge in [-0.1, -0.05) is 12.1 Å². The minimum Gasteiger partial charge on any atom is -0.497 e. The summed E-state index contributed by atoms with van der Waals surface area (Å²) >= 11 is 0. The highest BCUT2D eigenvalue weighted by Crippen LogP contribution is 2.23. The average Bonchev–Trinajstić information content (AvgIpc) is 2.71. The lowest BCUT2D eigenvalue weighted by atomic mass is 10.0. The second-order valence-corrected chi connectivity index (χ2v) is 7.21. The van der Waals surface area contributed by atoms with E-state index in [0.717, 1.165) is 44.6 Å². The Kier molecular flexibility index (Phi) is 11.1. The summed E-state index contributed by atoms with van der Waals surface area (Å²) in [5, 5.41) is 6.80. The van der Waals surface area contributed by atoms with Crippen LogP contribution in [0.2, 0.25) is 0 Å². The Bertz CT molecular complexity index is 590. The quantitative estimate of drug-likeness (QED) is 0.321. The van der Waals surface area contributed by atoms with E-state index in [1.165, 1.54) is 5.56 Å². The molecule has 1 aromatic carbocycles. The van der Waals surface area contributed by atoms with Crippen LogP contribution in [0.4, 0.5) is 0 Å². The average molecular weight is 506 g/mol. The SMILES string of the molecule is CN=C(NCC(c1ccc(OC)cc1)N1CCOCC1)NCC(C)(C)OC.I. The van der Waals surface area contributed by atoms with Crippen molar-refractivity contribution in [2.45, 2.75) is 25.5 Å². The molecule has 2 N–H and O–H groups in total. The number of hydrogen-bond acceptors (Lipinski definition) is 5. The second-order valence-electron chi connectivity index (χ2n) is 7.21. The highest BCUT2D eigenvalue weighted by atomic mass is 127. The number of nitrogens with zero attached hydrogens (tertiary/aromatic N) is 2. The Morgan fingerprint density at radius 3 is 2.36 bits per heavy atom. The number of halogens is 1. The number of aliphatic imine (C=N–C) groups is 1. The molecule has 0 saturated carbocycles. The molecule has 0 spiro atoms. The van der Waals surface area contributed by atoms with E-state index in [9.17, 15) is 0 Å². The van der Waals surface area contributed by atoms with Crippen molar-refractivity contribution >= 4 is 29.9 Å². The predicted molar refractivity (Wildman–Crippen MR) is 124 cm³/mol. The molecule has 1 saturated heterocycles. The first-order chi connectivity index (χ1) is 13.0. The van der Waals surface area contributed by atoms with Crippen LogP contribution in [0.5, 0.6) is 5.75 Å². The third kappa shape index (κ3) is 7.73. The van der Waals surface area contributed by atoms with E-state index in [1.807, 2.05) is 26.0 Å². The van der Waals surface area contributed by atoms with E-state index in [0.29, 0.717) is 6.54 Å². The van der Waals surface area contributed by atoms with Gasteiger partial charge in [0.05, 0.1) is 32.0 Å². The molecule has 1 fully saturated rings. The second kappa shape index (κ2) is 12.5. The zero-order valence-electron chi connectivity index (χ0n) is 17.7. The van der Waals surface area contributed by atoms with Crippen LogP contribution in [-0.2, 0) is 9.47 Å². The lowest BCUT2D eigenvalue weighted by Gasteiger charge is -2.35. The van der Waals surface area contributed by atoms with Crippen LogP contribution in [-0.4, -0.2) is 77.1 Å². The fourth-order valence-corrected chi connectivity index (χ4v) is 2.96. The Balaban J connectivity index is 0.00000392. The molecule has 1 atom stereocenters. The maximum atomic E-state index is 5.53. The summed E-state index contributed by atoms with van der Waals surface area (Å²) in [7, 11) is 5.19. The largest absolute Gasteiger partial charge is 0.497 e. The number of hydrogen-bond donors (Lipinski definition) is 2. The summed E-state index contributed by atoms with van der Waals surface area (Å²) in [4.78, 5) is 6.79. The summed E-state index contributed by atoms with van der Waals surface area (Å²) in [6.45, 7) is 8.88. The summed E-state index contributed by atoms with van der Waals surface area (Å²) in [6.07, 6.45) is 0. The van der Waals surface area contributed by atoms with Gasteiger partial charge in [-0.2, -0.15) is 0 Å². The van der Waals surface area contributed by atoms with Crippen LogP contribution in [0, 0.1) is 0 Å². The molecule has 160 valence electrons. The molecule has 0 aromatic heterocycles. The summed E-state index contributed by atoms with van der Waals surface area (Å²) in [6, 6.07) is 8.51. The highest BCUT2D eigenvalue weighted by Gasteiger charge is 2.23. The molecule has 0 radical (unpaired) electrons. The molecule has 1 aliphatic heterocycles. The monoisotopic (exact) mass is 506 g/mol. The highest BCUT2D eigenvalue weighted by molar-refractivity contribution is 14.0. The number of benzene rings is 1. The smallest absolute Gasteiger partial charge is 0.191 e. The number of guanidine groups is 1. The van der Waals surface area contributed by atoms with E-state index in [2.05, 4.69) is 32.7 Å². The number of rotatable bonds is 8. The lowest BCUT2D eigenvalue weighted by molar-refractivity contribution is 0.0167. The van der Waals surface area contributed by atoms with Gasteiger partial charge in [-0.25, -0.2) is 0 Å². The first-order valence-corrected chi connectivity index (χ1v) is 9.44. The molecule has 0 aliphatic carbocycles. The summed E-state index contributed by atoms with van der Waals surface area (Å²) < 4.78 is 16.3. The number of methoxy groups -OCH3 is 2. The molecule has 1 aliphatic rings. The molecule has 28 heavy (non-hydrogen) atoms. The number of morpholine rings is 1. The van der Waals surface area contributed by atoms with Crippen molar-refractivity contribution in [1.29, 1.82) is 0 Å². The maximum Gasteiger partial charge on any atom is 0.191 e. The van der Waals surface area contributed by atoms with E-state index in [1.54, 1.807) is 21.3 Å². The third-order valence-corrected chi connectivity index (χ3v) is 4.91. The van der Waals surface area contributed by atoms with E-state index >= 15 is 0 Å².